The minimum Gasteiger partial charge on any atom is -0.480 e. The van der Waals surface area contributed by atoms with E-state index in [-0.39, 0.29) is 5.91 Å². The Morgan fingerprint density at radius 1 is 1.57 bits per heavy atom. The predicted octanol–water partition coefficient (Wildman–Crippen LogP) is 2.23. The summed E-state index contributed by atoms with van der Waals surface area (Å²) in [6.45, 7) is 1.30. The van der Waals surface area contributed by atoms with Gasteiger partial charge in [0.2, 0.25) is 5.91 Å². The molecule has 0 bridgehead atoms. The van der Waals surface area contributed by atoms with Crippen molar-refractivity contribution < 1.29 is 19.1 Å². The zero-order valence-corrected chi connectivity index (χ0v) is 12.9. The average molecular weight is 326 g/mol. The zero-order valence-electron chi connectivity index (χ0n) is 11.2. The highest BCUT2D eigenvalue weighted by molar-refractivity contribution is 7.98. The summed E-state index contributed by atoms with van der Waals surface area (Å²) in [6.07, 6.45) is 1.59. The Kier molecular flexibility index (Phi) is 5.40. The Hall–Kier alpha value is -1.80. The van der Waals surface area contributed by atoms with Crippen molar-refractivity contribution in [3.63, 3.8) is 0 Å². The van der Waals surface area contributed by atoms with Crippen LogP contribution in [0.5, 0.6) is 0 Å². The molecule has 2 N–H and O–H groups in total. The van der Waals surface area contributed by atoms with E-state index < -0.39 is 12.0 Å². The van der Waals surface area contributed by atoms with Crippen LogP contribution < -0.4 is 5.32 Å². The van der Waals surface area contributed by atoms with E-state index >= 15 is 0 Å². The number of furan rings is 1. The fourth-order valence-electron chi connectivity index (χ4n) is 1.59. The molecular weight excluding hydrogens is 312 g/mol. The number of aromatic nitrogens is 1. The number of aliphatic carboxylic acids is 1. The van der Waals surface area contributed by atoms with E-state index in [0.29, 0.717) is 11.5 Å². The Labute approximate surface area is 129 Å². The van der Waals surface area contributed by atoms with Gasteiger partial charge in [-0.1, -0.05) is 0 Å². The first-order valence-corrected chi connectivity index (χ1v) is 8.15. The van der Waals surface area contributed by atoms with Crippen LogP contribution in [0.25, 0.3) is 10.8 Å². The van der Waals surface area contributed by atoms with Gasteiger partial charge in [0.05, 0.1) is 12.0 Å². The Morgan fingerprint density at radius 3 is 3.00 bits per heavy atom. The molecule has 0 aliphatic carbocycles. The first kappa shape index (κ1) is 15.6. The lowest BCUT2D eigenvalue weighted by Crippen LogP contribution is -2.41. The van der Waals surface area contributed by atoms with E-state index in [0.717, 1.165) is 16.5 Å². The standard InChI is InChI=1S/C13H14N2O4S2/c1-8(16)14-10(13(17)18)7-20-5-9-6-21-12(15-9)11-3-2-4-19-11/h2-4,6,10H,5,7H2,1H3,(H,14,16)(H,17,18)/t10-/m0/s1. The van der Waals surface area contributed by atoms with Crippen molar-refractivity contribution in [3.8, 4) is 10.8 Å². The summed E-state index contributed by atoms with van der Waals surface area (Å²) in [4.78, 5) is 26.3. The summed E-state index contributed by atoms with van der Waals surface area (Å²) in [5.74, 6) is 0.213. The number of hydrogen-bond acceptors (Lipinski definition) is 6. The van der Waals surface area contributed by atoms with Gasteiger partial charge in [0.1, 0.15) is 6.04 Å². The molecule has 8 heteroatoms. The SMILES string of the molecule is CC(=O)N[C@@H](CSCc1csc(-c2ccco2)n1)C(=O)O. The number of carboxylic acids is 1. The minimum absolute atomic E-state index is 0.294. The number of thiazole rings is 1. The summed E-state index contributed by atoms with van der Waals surface area (Å²) in [5, 5.41) is 14.1. The number of nitrogens with one attached hydrogen (secondary N) is 1. The first-order valence-electron chi connectivity index (χ1n) is 6.12. The molecule has 2 aromatic heterocycles. The highest BCUT2D eigenvalue weighted by Gasteiger charge is 2.18. The van der Waals surface area contributed by atoms with Crippen LogP contribution in [-0.4, -0.2) is 33.8 Å². The van der Waals surface area contributed by atoms with Crippen LogP contribution >= 0.6 is 23.1 Å². The van der Waals surface area contributed by atoms with Crippen molar-refractivity contribution in [2.45, 2.75) is 18.7 Å². The van der Waals surface area contributed by atoms with Crippen molar-refractivity contribution >= 4 is 35.0 Å². The van der Waals surface area contributed by atoms with Gasteiger partial charge in [0.15, 0.2) is 10.8 Å². The second-order valence-electron chi connectivity index (χ2n) is 4.23. The van der Waals surface area contributed by atoms with E-state index in [1.807, 2.05) is 11.4 Å². The third kappa shape index (κ3) is 4.61. The number of nitrogens with zero attached hydrogens (tertiary/aromatic N) is 1. The highest BCUT2D eigenvalue weighted by Crippen LogP contribution is 2.25. The van der Waals surface area contributed by atoms with Gasteiger partial charge in [-0.3, -0.25) is 4.79 Å². The molecule has 1 atom stereocenters. The molecule has 112 valence electrons. The summed E-state index contributed by atoms with van der Waals surface area (Å²) in [6, 6.07) is 2.76. The predicted molar refractivity (Wildman–Crippen MR) is 81.2 cm³/mol. The molecule has 0 saturated heterocycles. The van der Waals surface area contributed by atoms with Crippen molar-refractivity contribution in [2.24, 2.45) is 0 Å². The van der Waals surface area contributed by atoms with E-state index in [1.54, 1.807) is 12.3 Å². The van der Waals surface area contributed by atoms with Gasteiger partial charge < -0.3 is 14.8 Å². The van der Waals surface area contributed by atoms with Gasteiger partial charge in [-0.25, -0.2) is 9.78 Å². The smallest absolute Gasteiger partial charge is 0.327 e. The molecule has 0 aliphatic heterocycles. The average Bonchev–Trinajstić information content (AvgIpc) is 3.07. The van der Waals surface area contributed by atoms with E-state index in [4.69, 9.17) is 9.52 Å². The quantitative estimate of drug-likeness (QED) is 0.810. The van der Waals surface area contributed by atoms with Crippen LogP contribution in [0, 0.1) is 0 Å². The number of carbonyl (C=O) groups is 2. The van der Waals surface area contributed by atoms with Gasteiger partial charge in [-0.2, -0.15) is 11.8 Å². The summed E-state index contributed by atoms with van der Waals surface area (Å²) < 4.78 is 5.27. The molecule has 1 amide bonds. The molecule has 0 radical (unpaired) electrons. The summed E-state index contributed by atoms with van der Waals surface area (Å²) in [7, 11) is 0. The van der Waals surface area contributed by atoms with E-state index in [9.17, 15) is 9.59 Å². The molecule has 21 heavy (non-hydrogen) atoms. The molecule has 0 saturated carbocycles. The maximum atomic E-state index is 11.0. The van der Waals surface area contributed by atoms with Gasteiger partial charge in [0, 0.05) is 23.8 Å². The minimum atomic E-state index is -1.03. The third-order valence-corrected chi connectivity index (χ3v) is 4.47. The second-order valence-corrected chi connectivity index (χ2v) is 6.12. The largest absolute Gasteiger partial charge is 0.480 e. The Morgan fingerprint density at radius 2 is 2.38 bits per heavy atom. The molecule has 2 heterocycles. The number of carbonyl (C=O) groups excluding carboxylic acids is 1. The molecule has 2 aromatic rings. The van der Waals surface area contributed by atoms with E-state index in [2.05, 4.69) is 10.3 Å². The van der Waals surface area contributed by atoms with Crippen LogP contribution in [0.2, 0.25) is 0 Å². The van der Waals surface area contributed by atoms with Crippen LogP contribution in [0.1, 0.15) is 12.6 Å². The maximum absolute atomic E-state index is 11.0. The van der Waals surface area contributed by atoms with Crippen molar-refractivity contribution in [1.29, 1.82) is 0 Å². The molecular formula is C13H14N2O4S2. The second kappa shape index (κ2) is 7.28. The Balaban J connectivity index is 1.85. The van der Waals surface area contributed by atoms with Crippen LogP contribution in [0.15, 0.2) is 28.2 Å². The Bertz CT molecular complexity index is 609. The number of amides is 1. The molecule has 0 aliphatic rings. The molecule has 0 fully saturated rings. The number of rotatable bonds is 7. The van der Waals surface area contributed by atoms with Crippen molar-refractivity contribution in [3.05, 3.63) is 29.5 Å². The molecule has 0 aromatic carbocycles. The normalized spacial score (nSPS) is 12.0. The molecule has 6 nitrogen and oxygen atoms in total. The monoisotopic (exact) mass is 326 g/mol. The maximum Gasteiger partial charge on any atom is 0.327 e. The summed E-state index contributed by atoms with van der Waals surface area (Å²) >= 11 is 2.89. The zero-order chi connectivity index (χ0) is 15.2. The van der Waals surface area contributed by atoms with Crippen LogP contribution in [0.3, 0.4) is 0 Å². The number of carboxylic acid groups (broad SMARTS) is 1. The van der Waals surface area contributed by atoms with Crippen molar-refractivity contribution in [1.82, 2.24) is 10.3 Å². The number of thioether (sulfide) groups is 1. The summed E-state index contributed by atoms with van der Waals surface area (Å²) in [5.41, 5.74) is 0.864. The van der Waals surface area contributed by atoms with Gasteiger partial charge in [0.25, 0.3) is 0 Å². The van der Waals surface area contributed by atoms with Crippen LogP contribution in [0.4, 0.5) is 0 Å². The lowest BCUT2D eigenvalue weighted by Gasteiger charge is -2.11. The topological polar surface area (TPSA) is 92.4 Å². The van der Waals surface area contributed by atoms with Gasteiger partial charge in [-0.15, -0.1) is 11.3 Å². The first-order chi connectivity index (χ1) is 10.1. The lowest BCUT2D eigenvalue weighted by atomic mass is 10.3. The fourth-order valence-corrected chi connectivity index (χ4v) is 3.42. The van der Waals surface area contributed by atoms with Gasteiger partial charge in [-0.05, 0) is 12.1 Å². The molecule has 0 unspecified atom stereocenters. The third-order valence-electron chi connectivity index (χ3n) is 2.49. The van der Waals surface area contributed by atoms with E-state index in [1.165, 1.54) is 30.0 Å². The molecule has 0 spiro atoms. The molecule has 2 rings (SSSR count). The van der Waals surface area contributed by atoms with Gasteiger partial charge >= 0.3 is 5.97 Å². The lowest BCUT2D eigenvalue weighted by molar-refractivity contribution is -0.140. The number of hydrogen-bond donors (Lipinski definition) is 2. The highest BCUT2D eigenvalue weighted by atomic mass is 32.2. The van der Waals surface area contributed by atoms with Crippen LogP contribution in [-0.2, 0) is 15.3 Å². The van der Waals surface area contributed by atoms with Crippen molar-refractivity contribution in [2.75, 3.05) is 5.75 Å². The fraction of sp³-hybridized carbons (Fsp3) is 0.308.